The average molecular weight is 514 g/mol. The van der Waals surface area contributed by atoms with Crippen LogP contribution in [0.25, 0.3) is 0 Å². The summed E-state index contributed by atoms with van der Waals surface area (Å²) in [7, 11) is 1.51. The summed E-state index contributed by atoms with van der Waals surface area (Å²) >= 11 is 1.33. The van der Waals surface area contributed by atoms with Crippen molar-refractivity contribution < 1.29 is 27.5 Å². The Labute approximate surface area is 210 Å². The van der Waals surface area contributed by atoms with Crippen molar-refractivity contribution in [3.05, 3.63) is 89.5 Å². The van der Waals surface area contributed by atoms with Gasteiger partial charge in [-0.1, -0.05) is 30.3 Å². The highest BCUT2D eigenvalue weighted by molar-refractivity contribution is 8.01. The molecule has 3 aromatic rings. The van der Waals surface area contributed by atoms with Gasteiger partial charge in [0.2, 0.25) is 0 Å². The van der Waals surface area contributed by atoms with Gasteiger partial charge >= 0.3 is 12.2 Å². The van der Waals surface area contributed by atoms with Crippen LogP contribution in [0.3, 0.4) is 0 Å². The topological polar surface area (TPSA) is 61.9 Å². The molecular formula is C26H22F3N3O3S. The fourth-order valence-electron chi connectivity index (χ4n) is 4.62. The zero-order chi connectivity index (χ0) is 25.5. The number of thioether (sulfide) groups is 1. The van der Waals surface area contributed by atoms with Crippen molar-refractivity contribution in [2.75, 3.05) is 29.6 Å². The Morgan fingerprint density at radius 2 is 1.86 bits per heavy atom. The molecule has 1 atom stereocenters. The zero-order valence-electron chi connectivity index (χ0n) is 19.2. The van der Waals surface area contributed by atoms with Gasteiger partial charge in [0.05, 0.1) is 24.9 Å². The first-order valence-corrected chi connectivity index (χ1v) is 12.2. The summed E-state index contributed by atoms with van der Waals surface area (Å²) in [6.45, 7) is 0.252. The molecule has 1 N–H and O–H groups in total. The van der Waals surface area contributed by atoms with Gasteiger partial charge in [0, 0.05) is 23.5 Å². The van der Waals surface area contributed by atoms with Gasteiger partial charge in [0.15, 0.2) is 4.87 Å². The minimum Gasteiger partial charge on any atom is -0.497 e. The summed E-state index contributed by atoms with van der Waals surface area (Å²) in [5.41, 5.74) is 1.25. The van der Waals surface area contributed by atoms with E-state index in [1.54, 1.807) is 48.5 Å². The molecule has 3 amide bonds. The van der Waals surface area contributed by atoms with Crippen LogP contribution in [-0.2, 0) is 22.4 Å². The molecule has 36 heavy (non-hydrogen) atoms. The van der Waals surface area contributed by atoms with Crippen molar-refractivity contribution in [1.82, 2.24) is 4.90 Å². The number of urea groups is 1. The number of ether oxygens (including phenoxy) is 1. The lowest BCUT2D eigenvalue weighted by molar-refractivity contribution is -0.137. The Bertz CT molecular complexity index is 1320. The second-order valence-electron chi connectivity index (χ2n) is 8.41. The normalized spacial score (nSPS) is 19.1. The fraction of sp³-hybridized carbons (Fsp3) is 0.231. The van der Waals surface area contributed by atoms with Crippen LogP contribution in [-0.4, -0.2) is 36.2 Å². The minimum absolute atomic E-state index is 0.0709. The van der Waals surface area contributed by atoms with Gasteiger partial charge in [0.1, 0.15) is 5.75 Å². The second-order valence-corrected chi connectivity index (χ2v) is 9.70. The maximum atomic E-state index is 14.1. The molecule has 186 valence electrons. The number of nitrogens with zero attached hydrogens (tertiary/aromatic N) is 2. The Kier molecular flexibility index (Phi) is 6.07. The molecule has 1 fully saturated rings. The van der Waals surface area contributed by atoms with E-state index in [9.17, 15) is 22.8 Å². The molecule has 1 spiro atoms. The number of hydrogen-bond donors (Lipinski definition) is 1. The molecule has 0 bridgehead atoms. The molecule has 10 heteroatoms. The summed E-state index contributed by atoms with van der Waals surface area (Å²) in [5, 5.41) is 2.85. The smallest absolute Gasteiger partial charge is 0.416 e. The van der Waals surface area contributed by atoms with Gasteiger partial charge in [-0.25, -0.2) is 4.79 Å². The van der Waals surface area contributed by atoms with E-state index in [-0.39, 0.29) is 12.5 Å². The van der Waals surface area contributed by atoms with E-state index in [4.69, 9.17) is 4.74 Å². The molecule has 2 aliphatic rings. The number of halogens is 3. The van der Waals surface area contributed by atoms with Gasteiger partial charge in [-0.15, -0.1) is 11.8 Å². The number of benzene rings is 3. The number of para-hydroxylation sites is 1. The van der Waals surface area contributed by atoms with E-state index in [0.29, 0.717) is 40.5 Å². The van der Waals surface area contributed by atoms with Crippen LogP contribution in [0.2, 0.25) is 0 Å². The Balaban J connectivity index is 1.54. The monoisotopic (exact) mass is 513 g/mol. The molecule has 1 saturated heterocycles. The number of anilines is 2. The first-order chi connectivity index (χ1) is 17.2. The molecule has 6 nitrogen and oxygen atoms in total. The largest absolute Gasteiger partial charge is 0.497 e. The molecule has 0 aromatic heterocycles. The molecule has 2 heterocycles. The molecule has 0 radical (unpaired) electrons. The van der Waals surface area contributed by atoms with E-state index in [0.717, 1.165) is 12.1 Å². The van der Waals surface area contributed by atoms with Crippen molar-refractivity contribution in [1.29, 1.82) is 0 Å². The minimum atomic E-state index is -4.49. The van der Waals surface area contributed by atoms with E-state index in [1.807, 2.05) is 6.07 Å². The van der Waals surface area contributed by atoms with Crippen LogP contribution < -0.4 is 15.0 Å². The van der Waals surface area contributed by atoms with Crippen molar-refractivity contribution in [3.8, 4) is 5.75 Å². The summed E-state index contributed by atoms with van der Waals surface area (Å²) in [6.07, 6.45) is -4.49. The maximum Gasteiger partial charge on any atom is 0.416 e. The first kappa shape index (κ1) is 24.1. The van der Waals surface area contributed by atoms with Crippen LogP contribution >= 0.6 is 11.8 Å². The summed E-state index contributed by atoms with van der Waals surface area (Å²) in [5.74, 6) is 0.647. The fourth-order valence-corrected chi connectivity index (χ4v) is 6.07. The van der Waals surface area contributed by atoms with Gasteiger partial charge in [-0.05, 0) is 48.0 Å². The van der Waals surface area contributed by atoms with E-state index >= 15 is 0 Å². The van der Waals surface area contributed by atoms with Gasteiger partial charge in [0.25, 0.3) is 5.91 Å². The Morgan fingerprint density at radius 3 is 2.58 bits per heavy atom. The van der Waals surface area contributed by atoms with Crippen LogP contribution in [0, 0.1) is 0 Å². The number of hydrogen-bond acceptors (Lipinski definition) is 4. The summed E-state index contributed by atoms with van der Waals surface area (Å²) in [4.78, 5) is 29.0. The summed E-state index contributed by atoms with van der Waals surface area (Å²) < 4.78 is 45.3. The Morgan fingerprint density at radius 1 is 1.08 bits per heavy atom. The lowest BCUT2D eigenvalue weighted by Gasteiger charge is -2.33. The lowest BCUT2D eigenvalue weighted by atomic mass is 10.1. The highest BCUT2D eigenvalue weighted by atomic mass is 32.2. The van der Waals surface area contributed by atoms with Crippen LogP contribution in [0.5, 0.6) is 5.75 Å². The van der Waals surface area contributed by atoms with Crippen molar-refractivity contribution >= 4 is 35.1 Å². The predicted octanol–water partition coefficient (Wildman–Crippen LogP) is 5.69. The second kappa shape index (κ2) is 9.09. The number of methoxy groups -OCH3 is 1. The molecule has 0 saturated carbocycles. The number of rotatable bonds is 4. The third-order valence-electron chi connectivity index (χ3n) is 6.27. The van der Waals surface area contributed by atoms with Gasteiger partial charge in [-0.3, -0.25) is 9.69 Å². The molecule has 5 rings (SSSR count). The Hall–Kier alpha value is -3.66. The average Bonchev–Trinajstić information content (AvgIpc) is 3.41. The molecule has 2 aliphatic heterocycles. The van der Waals surface area contributed by atoms with Gasteiger partial charge < -0.3 is 15.0 Å². The van der Waals surface area contributed by atoms with Crippen molar-refractivity contribution in [3.63, 3.8) is 0 Å². The number of fused-ring (bicyclic) bond motifs is 2. The number of carbonyl (C=O) groups is 2. The molecule has 0 unspecified atom stereocenters. The number of alkyl halides is 3. The van der Waals surface area contributed by atoms with Crippen molar-refractivity contribution in [2.24, 2.45) is 0 Å². The third-order valence-corrected chi connectivity index (χ3v) is 7.69. The molecule has 0 aliphatic carbocycles. The highest BCUT2D eigenvalue weighted by Gasteiger charge is 2.59. The predicted molar refractivity (Wildman–Crippen MR) is 132 cm³/mol. The highest BCUT2D eigenvalue weighted by Crippen LogP contribution is 2.55. The van der Waals surface area contributed by atoms with E-state index in [2.05, 4.69) is 5.32 Å². The quantitative estimate of drug-likeness (QED) is 0.487. The maximum absolute atomic E-state index is 14.1. The van der Waals surface area contributed by atoms with Crippen molar-refractivity contribution in [2.45, 2.75) is 17.6 Å². The van der Waals surface area contributed by atoms with E-state index in [1.165, 1.54) is 34.7 Å². The third kappa shape index (κ3) is 4.05. The van der Waals surface area contributed by atoms with E-state index < -0.39 is 22.6 Å². The van der Waals surface area contributed by atoms with Gasteiger partial charge in [-0.2, -0.15) is 13.2 Å². The zero-order valence-corrected chi connectivity index (χ0v) is 20.0. The molecular weight excluding hydrogens is 491 g/mol. The number of nitrogens with one attached hydrogen (secondary N) is 1. The summed E-state index contributed by atoms with van der Waals surface area (Å²) in [6, 6.07) is 18.5. The SMILES string of the molecule is COc1ccc2c(c1)[C@@]1(SCCN1C(=O)Nc1ccccc1)C(=O)N2Cc1cccc(C(F)(F)F)c1. The first-order valence-electron chi connectivity index (χ1n) is 11.2. The standard InChI is InChI=1S/C26H22F3N3O3S/c1-35-20-10-11-22-21(15-20)25(32(12-13-36-25)24(34)30-19-8-3-2-4-9-19)23(33)31(22)16-17-6-5-7-18(14-17)26(27,28)29/h2-11,14-15H,12-13,16H2,1H3,(H,30,34)/t25-/m1/s1. The van der Waals surface area contributed by atoms with Crippen LogP contribution in [0.1, 0.15) is 16.7 Å². The lowest BCUT2D eigenvalue weighted by Crippen LogP contribution is -2.51. The molecule has 3 aromatic carbocycles. The number of amides is 3. The number of carbonyl (C=O) groups excluding carboxylic acids is 2. The van der Waals surface area contributed by atoms with Crippen LogP contribution in [0.4, 0.5) is 29.3 Å². The van der Waals surface area contributed by atoms with Crippen LogP contribution in [0.15, 0.2) is 72.8 Å².